The summed E-state index contributed by atoms with van der Waals surface area (Å²) in [5.74, 6) is 0.567. The maximum Gasteiger partial charge on any atom is 0.338 e. The molecule has 4 rings (SSSR count). The number of hydrogen-bond donors (Lipinski definition) is 0. The lowest BCUT2D eigenvalue weighted by atomic mass is 9.96. The van der Waals surface area contributed by atoms with E-state index in [1.165, 1.54) is 11.1 Å². The number of esters is 1. The second-order valence-corrected chi connectivity index (χ2v) is 8.33. The fourth-order valence-electron chi connectivity index (χ4n) is 3.84. The van der Waals surface area contributed by atoms with Gasteiger partial charge in [-0.25, -0.2) is 4.79 Å². The molecule has 0 N–H and O–H groups in total. The molecule has 3 aromatic carbocycles. The highest BCUT2D eigenvalue weighted by atomic mass is 16.5. The smallest absolute Gasteiger partial charge is 0.338 e. The molecule has 1 heterocycles. The van der Waals surface area contributed by atoms with Crippen molar-refractivity contribution < 1.29 is 14.3 Å². The maximum absolute atomic E-state index is 13.1. The van der Waals surface area contributed by atoms with Crippen LogP contribution in [0.15, 0.2) is 78.9 Å². The summed E-state index contributed by atoms with van der Waals surface area (Å²) in [6.45, 7) is 1.68. The van der Waals surface area contributed by atoms with E-state index in [0.29, 0.717) is 12.2 Å². The summed E-state index contributed by atoms with van der Waals surface area (Å²) in [7, 11) is 4.05. The Morgan fingerprint density at radius 3 is 2.50 bits per heavy atom. The van der Waals surface area contributed by atoms with Crippen LogP contribution in [0.3, 0.4) is 0 Å². The van der Waals surface area contributed by atoms with Crippen LogP contribution in [-0.2, 0) is 29.2 Å². The van der Waals surface area contributed by atoms with Gasteiger partial charge in [-0.15, -0.1) is 0 Å². The van der Waals surface area contributed by atoms with E-state index in [1.807, 2.05) is 68.7 Å². The fraction of sp³-hybridized carbons (Fsp3) is 0.250. The van der Waals surface area contributed by atoms with Gasteiger partial charge in [0.2, 0.25) is 0 Å². The molecule has 0 unspecified atom stereocenters. The van der Waals surface area contributed by atoms with Crippen molar-refractivity contribution in [3.8, 4) is 5.75 Å². The van der Waals surface area contributed by atoms with Crippen molar-refractivity contribution in [3.05, 3.63) is 107 Å². The van der Waals surface area contributed by atoms with Gasteiger partial charge in [0.25, 0.3) is 0 Å². The predicted octanol–water partition coefficient (Wildman–Crippen LogP) is 5.25. The zero-order chi connectivity index (χ0) is 22.3. The molecule has 1 aliphatic rings. The van der Waals surface area contributed by atoms with E-state index in [0.717, 1.165) is 41.8 Å². The van der Waals surface area contributed by atoms with Gasteiger partial charge in [-0.05, 0) is 60.5 Å². The van der Waals surface area contributed by atoms with E-state index in [-0.39, 0.29) is 12.6 Å². The average molecular weight is 428 g/mol. The molecule has 32 heavy (non-hydrogen) atoms. The largest absolute Gasteiger partial charge is 0.489 e. The molecule has 0 atom stereocenters. The lowest BCUT2D eigenvalue weighted by molar-refractivity contribution is -0.137. The molecule has 0 radical (unpaired) electrons. The van der Waals surface area contributed by atoms with E-state index in [1.54, 1.807) is 0 Å². The third-order valence-corrected chi connectivity index (χ3v) is 5.61. The minimum atomic E-state index is -0.303. The number of benzene rings is 3. The van der Waals surface area contributed by atoms with Gasteiger partial charge in [-0.1, -0.05) is 66.7 Å². The van der Waals surface area contributed by atoms with Crippen molar-refractivity contribution in [1.82, 2.24) is 4.90 Å². The Labute approximate surface area is 190 Å². The Balaban J connectivity index is 1.59. The highest BCUT2D eigenvalue weighted by Crippen LogP contribution is 2.31. The van der Waals surface area contributed by atoms with Crippen LogP contribution in [0.4, 0.5) is 0 Å². The minimum absolute atomic E-state index is 0.256. The van der Waals surface area contributed by atoms with E-state index >= 15 is 0 Å². The second-order valence-electron chi connectivity index (χ2n) is 8.33. The van der Waals surface area contributed by atoms with Gasteiger partial charge in [0.05, 0.1) is 5.57 Å². The Morgan fingerprint density at radius 1 is 0.969 bits per heavy atom. The lowest BCUT2D eigenvalue weighted by Gasteiger charge is -2.13. The Bertz CT molecular complexity index is 1100. The van der Waals surface area contributed by atoms with E-state index in [4.69, 9.17) is 9.47 Å². The van der Waals surface area contributed by atoms with E-state index < -0.39 is 0 Å². The van der Waals surface area contributed by atoms with E-state index in [9.17, 15) is 4.79 Å². The highest BCUT2D eigenvalue weighted by Gasteiger charge is 2.19. The molecule has 0 aliphatic carbocycles. The summed E-state index contributed by atoms with van der Waals surface area (Å²) in [5, 5.41) is 0. The summed E-state index contributed by atoms with van der Waals surface area (Å²) in [6.07, 6.45) is 3.53. The SMILES string of the molecule is CN(C)CCC=C(C(=O)OCc1ccccc1)c1ccc2c(c1)Cc1ccccc1CO2. The Kier molecular flexibility index (Phi) is 7.03. The molecule has 0 bridgehead atoms. The normalized spacial score (nSPS) is 13.0. The highest BCUT2D eigenvalue weighted by molar-refractivity contribution is 6.16. The summed E-state index contributed by atoms with van der Waals surface area (Å²) < 4.78 is 11.7. The van der Waals surface area contributed by atoms with Gasteiger partial charge in [0.15, 0.2) is 0 Å². The number of nitrogens with zero attached hydrogens (tertiary/aromatic N) is 1. The van der Waals surface area contributed by atoms with Gasteiger partial charge in [-0.3, -0.25) is 0 Å². The quantitative estimate of drug-likeness (QED) is 0.381. The zero-order valence-electron chi connectivity index (χ0n) is 18.7. The summed E-state index contributed by atoms with van der Waals surface area (Å²) in [5.41, 5.74) is 5.98. The minimum Gasteiger partial charge on any atom is -0.489 e. The molecular weight excluding hydrogens is 398 g/mol. The van der Waals surface area contributed by atoms with Crippen LogP contribution < -0.4 is 4.74 Å². The van der Waals surface area contributed by atoms with Gasteiger partial charge < -0.3 is 14.4 Å². The van der Waals surface area contributed by atoms with Crippen molar-refractivity contribution in [3.63, 3.8) is 0 Å². The first kappa shape index (κ1) is 21.8. The predicted molar refractivity (Wildman–Crippen MR) is 127 cm³/mol. The maximum atomic E-state index is 13.1. The first-order chi connectivity index (χ1) is 15.6. The molecule has 4 heteroatoms. The molecule has 4 nitrogen and oxygen atoms in total. The van der Waals surface area contributed by atoms with Crippen molar-refractivity contribution >= 4 is 11.5 Å². The molecule has 3 aromatic rings. The van der Waals surface area contributed by atoms with Crippen LogP contribution in [0, 0.1) is 0 Å². The van der Waals surface area contributed by atoms with Crippen LogP contribution in [0.2, 0.25) is 0 Å². The number of hydrogen-bond acceptors (Lipinski definition) is 4. The van der Waals surface area contributed by atoms with Crippen LogP contribution in [0.5, 0.6) is 5.75 Å². The monoisotopic (exact) mass is 427 g/mol. The number of carbonyl (C=O) groups is 1. The molecule has 1 aliphatic heterocycles. The Hall–Kier alpha value is -3.37. The first-order valence-corrected chi connectivity index (χ1v) is 11.0. The summed E-state index contributed by atoms with van der Waals surface area (Å²) in [6, 6.07) is 24.1. The number of fused-ring (bicyclic) bond motifs is 2. The van der Waals surface area contributed by atoms with Crippen molar-refractivity contribution in [2.45, 2.75) is 26.1 Å². The van der Waals surface area contributed by atoms with Gasteiger partial charge in [-0.2, -0.15) is 0 Å². The third-order valence-electron chi connectivity index (χ3n) is 5.61. The number of carbonyl (C=O) groups excluding carboxylic acids is 1. The molecule has 0 amide bonds. The standard InChI is InChI=1S/C28H29NO3/c1-29(2)16-8-13-26(28(30)32-19-21-9-4-3-5-10-21)23-14-15-27-25(18-23)17-22-11-6-7-12-24(22)20-31-27/h3-7,9-15,18H,8,16-17,19-20H2,1-2H3. The fourth-order valence-corrected chi connectivity index (χ4v) is 3.84. The number of rotatable bonds is 7. The first-order valence-electron chi connectivity index (χ1n) is 11.0. The molecule has 0 saturated carbocycles. The van der Waals surface area contributed by atoms with Crippen LogP contribution in [-0.4, -0.2) is 31.5 Å². The summed E-state index contributed by atoms with van der Waals surface area (Å²) >= 11 is 0. The topological polar surface area (TPSA) is 38.8 Å². The molecule has 0 spiro atoms. The molecule has 0 fully saturated rings. The van der Waals surface area contributed by atoms with Crippen LogP contribution in [0.25, 0.3) is 5.57 Å². The lowest BCUT2D eigenvalue weighted by Crippen LogP contribution is -2.13. The molecular formula is C28H29NO3. The molecule has 164 valence electrons. The van der Waals surface area contributed by atoms with Gasteiger partial charge >= 0.3 is 5.97 Å². The van der Waals surface area contributed by atoms with Crippen molar-refractivity contribution in [2.75, 3.05) is 20.6 Å². The van der Waals surface area contributed by atoms with Crippen molar-refractivity contribution in [1.29, 1.82) is 0 Å². The zero-order valence-corrected chi connectivity index (χ0v) is 18.7. The van der Waals surface area contributed by atoms with Crippen LogP contribution >= 0.6 is 0 Å². The molecule has 0 saturated heterocycles. The van der Waals surface area contributed by atoms with Gasteiger partial charge in [0.1, 0.15) is 19.0 Å². The van der Waals surface area contributed by atoms with E-state index in [2.05, 4.69) is 29.2 Å². The third kappa shape index (κ3) is 5.45. The Morgan fingerprint density at radius 2 is 1.72 bits per heavy atom. The number of ether oxygens (including phenoxy) is 2. The average Bonchev–Trinajstić information content (AvgIpc) is 2.99. The second kappa shape index (κ2) is 10.3. The van der Waals surface area contributed by atoms with Crippen molar-refractivity contribution in [2.24, 2.45) is 0 Å². The summed E-state index contributed by atoms with van der Waals surface area (Å²) in [4.78, 5) is 15.2. The van der Waals surface area contributed by atoms with Gasteiger partial charge in [0, 0.05) is 13.0 Å². The van der Waals surface area contributed by atoms with Crippen LogP contribution in [0.1, 0.15) is 34.2 Å². The molecule has 0 aromatic heterocycles.